The molecule has 1 aliphatic heterocycles. The second-order valence-electron chi connectivity index (χ2n) is 5.78. The van der Waals surface area contributed by atoms with Gasteiger partial charge in [-0.05, 0) is 50.4 Å². The Morgan fingerprint density at radius 1 is 1.33 bits per heavy atom. The molecule has 1 aromatic carbocycles. The van der Waals surface area contributed by atoms with Gasteiger partial charge < -0.3 is 5.11 Å². The third kappa shape index (κ3) is 4.51. The van der Waals surface area contributed by atoms with Gasteiger partial charge in [0.1, 0.15) is 0 Å². The molecule has 2 rings (SSSR count). The third-order valence-electron chi connectivity index (χ3n) is 4.16. The Bertz CT molecular complexity index is 555. The number of nitrogens with zero attached hydrogens (tertiary/aromatic N) is 1. The molecule has 118 valence electrons. The smallest absolute Gasteiger partial charge is 0.238 e. The zero-order valence-corrected chi connectivity index (χ0v) is 13.2. The van der Waals surface area contributed by atoms with E-state index < -0.39 is 10.0 Å². The summed E-state index contributed by atoms with van der Waals surface area (Å²) in [4.78, 5) is 2.48. The fraction of sp³-hybridized carbons (Fsp3) is 0.600. The van der Waals surface area contributed by atoms with Gasteiger partial charge in [0.25, 0.3) is 0 Å². The van der Waals surface area contributed by atoms with Crippen molar-refractivity contribution in [3.8, 4) is 0 Å². The summed E-state index contributed by atoms with van der Waals surface area (Å²) >= 11 is 0. The first-order valence-corrected chi connectivity index (χ1v) is 8.96. The van der Waals surface area contributed by atoms with E-state index in [0.717, 1.165) is 31.5 Å². The van der Waals surface area contributed by atoms with Gasteiger partial charge in [0.05, 0.1) is 11.0 Å². The molecule has 1 heterocycles. The van der Waals surface area contributed by atoms with Crippen LogP contribution in [0, 0.1) is 0 Å². The summed E-state index contributed by atoms with van der Waals surface area (Å²) in [6.45, 7) is 3.75. The largest absolute Gasteiger partial charge is 0.392 e. The summed E-state index contributed by atoms with van der Waals surface area (Å²) in [5.41, 5.74) is 1.08. The van der Waals surface area contributed by atoms with Gasteiger partial charge in [-0.15, -0.1) is 0 Å². The Labute approximate surface area is 126 Å². The summed E-state index contributed by atoms with van der Waals surface area (Å²) in [7, 11) is -3.62. The fourth-order valence-electron chi connectivity index (χ4n) is 2.96. The van der Waals surface area contributed by atoms with Crippen molar-refractivity contribution in [1.29, 1.82) is 0 Å². The second-order valence-corrected chi connectivity index (χ2v) is 7.34. The van der Waals surface area contributed by atoms with Crippen LogP contribution in [0.25, 0.3) is 0 Å². The number of piperidine rings is 1. The molecule has 21 heavy (non-hydrogen) atoms. The summed E-state index contributed by atoms with van der Waals surface area (Å²) in [6, 6.07) is 6.95. The maximum Gasteiger partial charge on any atom is 0.238 e. The zero-order chi connectivity index (χ0) is 15.5. The number of sulfonamides is 1. The molecule has 0 aliphatic carbocycles. The lowest BCUT2D eigenvalue weighted by Gasteiger charge is -2.37. The van der Waals surface area contributed by atoms with Crippen molar-refractivity contribution in [2.75, 3.05) is 13.1 Å². The number of likely N-dealkylation sites (tertiary alicyclic amines) is 1. The van der Waals surface area contributed by atoms with E-state index in [2.05, 4.69) is 4.90 Å². The summed E-state index contributed by atoms with van der Waals surface area (Å²) in [5, 5.41) is 14.9. The summed E-state index contributed by atoms with van der Waals surface area (Å²) < 4.78 is 22.4. The van der Waals surface area contributed by atoms with Gasteiger partial charge in [-0.3, -0.25) is 4.90 Å². The van der Waals surface area contributed by atoms with Crippen molar-refractivity contribution in [2.24, 2.45) is 5.14 Å². The Kier molecular flexibility index (Phi) is 5.37. The van der Waals surface area contributed by atoms with Gasteiger partial charge in [-0.2, -0.15) is 0 Å². The Morgan fingerprint density at radius 2 is 2.00 bits per heavy atom. The molecule has 2 atom stereocenters. The van der Waals surface area contributed by atoms with Crippen LogP contribution < -0.4 is 5.14 Å². The standard InChI is InChI=1S/C15H24N2O3S/c1-12(18)15-4-2-3-10-17(15)11-9-13-5-7-14(8-6-13)21(16,19)20/h5-8,12,15,18H,2-4,9-11H2,1H3,(H2,16,19,20). The van der Waals surface area contributed by atoms with Gasteiger partial charge >= 0.3 is 0 Å². The summed E-state index contributed by atoms with van der Waals surface area (Å²) in [6.07, 6.45) is 3.92. The first-order chi connectivity index (χ1) is 9.88. The fourth-order valence-corrected chi connectivity index (χ4v) is 3.47. The highest BCUT2D eigenvalue weighted by Crippen LogP contribution is 2.20. The van der Waals surface area contributed by atoms with Crippen LogP contribution in [0.4, 0.5) is 0 Å². The van der Waals surface area contributed by atoms with Crippen molar-refractivity contribution in [1.82, 2.24) is 4.90 Å². The van der Waals surface area contributed by atoms with E-state index >= 15 is 0 Å². The van der Waals surface area contributed by atoms with E-state index in [9.17, 15) is 13.5 Å². The molecule has 0 bridgehead atoms. The number of rotatable bonds is 5. The maximum absolute atomic E-state index is 11.2. The number of benzene rings is 1. The second kappa shape index (κ2) is 6.87. The van der Waals surface area contributed by atoms with Gasteiger partial charge in [0.2, 0.25) is 10.0 Å². The number of primary sulfonamides is 1. The van der Waals surface area contributed by atoms with Crippen LogP contribution in [-0.2, 0) is 16.4 Å². The molecule has 1 fully saturated rings. The first kappa shape index (κ1) is 16.4. The lowest BCUT2D eigenvalue weighted by atomic mass is 9.97. The van der Waals surface area contributed by atoms with E-state index in [0.29, 0.717) is 0 Å². The van der Waals surface area contributed by atoms with Crippen molar-refractivity contribution in [2.45, 2.75) is 49.6 Å². The number of hydrogen-bond acceptors (Lipinski definition) is 4. The highest BCUT2D eigenvalue weighted by Gasteiger charge is 2.25. The highest BCUT2D eigenvalue weighted by molar-refractivity contribution is 7.89. The van der Waals surface area contributed by atoms with Gasteiger partial charge in [-0.1, -0.05) is 18.6 Å². The molecule has 6 heteroatoms. The zero-order valence-electron chi connectivity index (χ0n) is 12.4. The van der Waals surface area contributed by atoms with Crippen LogP contribution >= 0.6 is 0 Å². The predicted octanol–water partition coefficient (Wildman–Crippen LogP) is 1.11. The molecule has 1 aromatic rings. The highest BCUT2D eigenvalue weighted by atomic mass is 32.2. The lowest BCUT2D eigenvalue weighted by Crippen LogP contribution is -2.46. The third-order valence-corrected chi connectivity index (χ3v) is 5.09. The van der Waals surface area contributed by atoms with Gasteiger partial charge in [-0.25, -0.2) is 13.6 Å². The molecule has 0 spiro atoms. The first-order valence-electron chi connectivity index (χ1n) is 7.42. The van der Waals surface area contributed by atoms with Gasteiger partial charge in [0.15, 0.2) is 0 Å². The molecular weight excluding hydrogens is 288 g/mol. The molecule has 0 saturated carbocycles. The molecule has 2 unspecified atom stereocenters. The Morgan fingerprint density at radius 3 is 2.57 bits per heavy atom. The van der Waals surface area contributed by atoms with Crippen LogP contribution in [0.1, 0.15) is 31.7 Å². The predicted molar refractivity (Wildman–Crippen MR) is 82.4 cm³/mol. The topological polar surface area (TPSA) is 83.6 Å². The summed E-state index contributed by atoms with van der Waals surface area (Å²) in [5.74, 6) is 0. The monoisotopic (exact) mass is 312 g/mol. The van der Waals surface area contributed by atoms with E-state index in [1.807, 2.05) is 6.92 Å². The SMILES string of the molecule is CC(O)C1CCCCN1CCc1ccc(S(N)(=O)=O)cc1. The van der Waals surface area contributed by atoms with Crippen molar-refractivity contribution < 1.29 is 13.5 Å². The molecule has 3 N–H and O–H groups in total. The normalized spacial score (nSPS) is 22.1. The van der Waals surface area contributed by atoms with Gasteiger partial charge in [0, 0.05) is 12.6 Å². The number of hydrogen-bond donors (Lipinski definition) is 2. The van der Waals surface area contributed by atoms with Crippen LogP contribution in [0.15, 0.2) is 29.2 Å². The molecule has 0 aromatic heterocycles. The van der Waals surface area contributed by atoms with E-state index in [1.54, 1.807) is 24.3 Å². The Hall–Kier alpha value is -0.950. The minimum atomic E-state index is -3.62. The average molecular weight is 312 g/mol. The van der Waals surface area contributed by atoms with E-state index in [4.69, 9.17) is 5.14 Å². The number of aliphatic hydroxyl groups is 1. The minimum absolute atomic E-state index is 0.145. The Balaban J connectivity index is 1.96. The minimum Gasteiger partial charge on any atom is -0.392 e. The molecular formula is C15H24N2O3S. The number of nitrogens with two attached hydrogens (primary N) is 1. The van der Waals surface area contributed by atoms with Crippen molar-refractivity contribution in [3.63, 3.8) is 0 Å². The number of aliphatic hydroxyl groups excluding tert-OH is 1. The molecule has 5 nitrogen and oxygen atoms in total. The quantitative estimate of drug-likeness (QED) is 0.853. The lowest BCUT2D eigenvalue weighted by molar-refractivity contribution is 0.0372. The van der Waals surface area contributed by atoms with Crippen LogP contribution in [0.2, 0.25) is 0 Å². The van der Waals surface area contributed by atoms with Crippen LogP contribution in [0.3, 0.4) is 0 Å². The van der Waals surface area contributed by atoms with Crippen molar-refractivity contribution in [3.05, 3.63) is 29.8 Å². The van der Waals surface area contributed by atoms with Crippen molar-refractivity contribution >= 4 is 10.0 Å². The van der Waals surface area contributed by atoms with Crippen LogP contribution in [0.5, 0.6) is 0 Å². The van der Waals surface area contributed by atoms with E-state index in [1.165, 1.54) is 12.8 Å². The van der Waals surface area contributed by atoms with Crippen LogP contribution in [-0.4, -0.2) is 43.7 Å². The van der Waals surface area contributed by atoms with E-state index in [-0.39, 0.29) is 17.0 Å². The molecule has 1 saturated heterocycles. The molecule has 1 aliphatic rings. The maximum atomic E-state index is 11.2. The average Bonchev–Trinajstić information content (AvgIpc) is 2.45. The molecule has 0 radical (unpaired) electrons. The molecule has 0 amide bonds.